The van der Waals surface area contributed by atoms with Gasteiger partial charge < -0.3 is 14.4 Å². The highest BCUT2D eigenvalue weighted by atomic mass is 32.1. The molecule has 4 rings (SSSR count). The van der Waals surface area contributed by atoms with Gasteiger partial charge >= 0.3 is 0 Å². The fourth-order valence-corrected chi connectivity index (χ4v) is 4.79. The van der Waals surface area contributed by atoms with Crippen LogP contribution in [0.15, 0.2) is 42.5 Å². The summed E-state index contributed by atoms with van der Waals surface area (Å²) in [6, 6.07) is 14.1. The van der Waals surface area contributed by atoms with Crippen molar-refractivity contribution >= 4 is 22.9 Å². The summed E-state index contributed by atoms with van der Waals surface area (Å²) in [5, 5.41) is 1.04. The molecule has 1 unspecified atom stereocenters. The van der Waals surface area contributed by atoms with Crippen LogP contribution in [0.5, 0.6) is 11.5 Å². The van der Waals surface area contributed by atoms with Crippen molar-refractivity contribution in [1.82, 2.24) is 4.98 Å². The van der Waals surface area contributed by atoms with Crippen LogP contribution in [0.25, 0.3) is 11.3 Å². The van der Waals surface area contributed by atoms with E-state index in [2.05, 4.69) is 18.8 Å². The number of ether oxygens (including phenoxy) is 2. The second kappa shape index (κ2) is 9.74. The number of carbonyl (C=O) groups is 1. The maximum atomic E-state index is 13.1. The summed E-state index contributed by atoms with van der Waals surface area (Å²) in [5.74, 6) is 1.68. The molecule has 2 heterocycles. The zero-order chi connectivity index (χ0) is 22.7. The van der Waals surface area contributed by atoms with E-state index in [1.54, 1.807) is 11.3 Å². The second-order valence-electron chi connectivity index (χ2n) is 8.19. The van der Waals surface area contributed by atoms with Crippen molar-refractivity contribution in [3.8, 4) is 22.8 Å². The van der Waals surface area contributed by atoms with Gasteiger partial charge in [0.05, 0.1) is 23.0 Å². The van der Waals surface area contributed by atoms with Gasteiger partial charge in [-0.1, -0.05) is 24.6 Å². The molecule has 32 heavy (non-hydrogen) atoms. The van der Waals surface area contributed by atoms with Crippen LogP contribution < -0.4 is 14.4 Å². The van der Waals surface area contributed by atoms with E-state index >= 15 is 0 Å². The molecule has 0 fully saturated rings. The average Bonchev–Trinajstić information content (AvgIpc) is 3.13. The molecule has 0 aliphatic carbocycles. The molecular weight excluding hydrogens is 420 g/mol. The molecule has 0 N–H and O–H groups in total. The van der Waals surface area contributed by atoms with Gasteiger partial charge in [0.25, 0.3) is 5.91 Å². The molecule has 6 heteroatoms. The maximum Gasteiger partial charge on any atom is 0.268 e. The van der Waals surface area contributed by atoms with Gasteiger partial charge in [-0.25, -0.2) is 4.98 Å². The first-order valence-corrected chi connectivity index (χ1v) is 12.0. The van der Waals surface area contributed by atoms with E-state index in [0.29, 0.717) is 19.6 Å². The number of thiazole rings is 1. The van der Waals surface area contributed by atoms with E-state index in [1.165, 1.54) is 10.4 Å². The number of benzene rings is 2. The third-order valence-electron chi connectivity index (χ3n) is 5.67. The predicted molar refractivity (Wildman–Crippen MR) is 130 cm³/mol. The molecule has 1 aromatic heterocycles. The van der Waals surface area contributed by atoms with Crippen LogP contribution in [0.3, 0.4) is 0 Å². The number of amides is 1. The quantitative estimate of drug-likeness (QED) is 0.389. The van der Waals surface area contributed by atoms with Crippen molar-refractivity contribution in [2.75, 3.05) is 18.1 Å². The van der Waals surface area contributed by atoms with Crippen molar-refractivity contribution in [3.05, 3.63) is 57.9 Å². The smallest absolute Gasteiger partial charge is 0.268 e. The number of hydrogen-bond acceptors (Lipinski definition) is 5. The molecule has 0 spiro atoms. The van der Waals surface area contributed by atoms with Gasteiger partial charge in [-0.15, -0.1) is 11.3 Å². The number of rotatable bonds is 8. The van der Waals surface area contributed by atoms with E-state index in [1.807, 2.05) is 61.2 Å². The second-order valence-corrected chi connectivity index (χ2v) is 9.60. The van der Waals surface area contributed by atoms with Gasteiger partial charge in [-0.2, -0.15) is 0 Å². The van der Waals surface area contributed by atoms with Crippen molar-refractivity contribution in [2.45, 2.75) is 53.1 Å². The Morgan fingerprint density at radius 2 is 1.88 bits per heavy atom. The Morgan fingerprint density at radius 3 is 2.56 bits per heavy atom. The lowest BCUT2D eigenvalue weighted by molar-refractivity contribution is -0.126. The first-order chi connectivity index (χ1) is 15.5. The molecule has 0 saturated carbocycles. The van der Waals surface area contributed by atoms with Gasteiger partial charge in [0.1, 0.15) is 11.5 Å². The Labute approximate surface area is 194 Å². The minimum atomic E-state index is -0.430. The topological polar surface area (TPSA) is 51.7 Å². The molecule has 168 valence electrons. The van der Waals surface area contributed by atoms with Crippen LogP contribution in [-0.4, -0.2) is 30.1 Å². The molecule has 0 saturated heterocycles. The fraction of sp³-hybridized carbons (Fsp3) is 0.385. The van der Waals surface area contributed by atoms with E-state index in [0.717, 1.165) is 46.3 Å². The van der Waals surface area contributed by atoms with Crippen molar-refractivity contribution < 1.29 is 14.3 Å². The molecule has 0 bridgehead atoms. The lowest BCUT2D eigenvalue weighted by atomic mass is 10.1. The van der Waals surface area contributed by atoms with Crippen LogP contribution in [-0.2, 0) is 4.79 Å². The molecule has 1 aliphatic rings. The van der Waals surface area contributed by atoms with Crippen LogP contribution >= 0.6 is 11.3 Å². The Hall–Kier alpha value is -2.86. The number of hydrogen-bond donors (Lipinski definition) is 0. The van der Waals surface area contributed by atoms with Crippen LogP contribution in [0, 0.1) is 20.8 Å². The first kappa shape index (κ1) is 22.3. The molecule has 1 aliphatic heterocycles. The molecular formula is C26H30N2O3S. The highest BCUT2D eigenvalue weighted by Gasteiger charge is 2.33. The Bertz CT molecular complexity index is 1090. The summed E-state index contributed by atoms with van der Waals surface area (Å²) >= 11 is 1.69. The van der Waals surface area contributed by atoms with E-state index in [-0.39, 0.29) is 5.91 Å². The highest BCUT2D eigenvalue weighted by Crippen LogP contribution is 2.39. The number of aromatic nitrogens is 1. The third-order valence-corrected chi connectivity index (χ3v) is 6.56. The monoisotopic (exact) mass is 450 g/mol. The summed E-state index contributed by atoms with van der Waals surface area (Å²) < 4.78 is 11.9. The van der Waals surface area contributed by atoms with Crippen molar-refractivity contribution in [2.24, 2.45) is 0 Å². The van der Waals surface area contributed by atoms with Crippen LogP contribution in [0.4, 0.5) is 5.69 Å². The standard InChI is InChI=1S/C26H30N2O3S/c1-5-23-26(29)28(14-6-7-15-30-21-11-8-17(2)9-12-21)22-16-20(10-13-24(22)31-23)25-18(3)32-19(4)27-25/h8-13,16,23H,5-7,14-15H2,1-4H3. The summed E-state index contributed by atoms with van der Waals surface area (Å²) in [4.78, 5) is 20.9. The number of nitrogens with zero attached hydrogens (tertiary/aromatic N) is 2. The fourth-order valence-electron chi connectivity index (χ4n) is 3.95. The maximum absolute atomic E-state index is 13.1. The lowest BCUT2D eigenvalue weighted by Crippen LogP contribution is -2.46. The average molecular weight is 451 g/mol. The van der Waals surface area contributed by atoms with Crippen molar-refractivity contribution in [1.29, 1.82) is 0 Å². The van der Waals surface area contributed by atoms with E-state index < -0.39 is 6.10 Å². The summed E-state index contributed by atoms with van der Waals surface area (Å²) in [5.41, 5.74) is 4.05. The largest absolute Gasteiger partial charge is 0.494 e. The minimum Gasteiger partial charge on any atom is -0.494 e. The molecule has 2 aromatic carbocycles. The molecule has 1 amide bonds. The number of anilines is 1. The number of aryl methyl sites for hydroxylation is 3. The van der Waals surface area contributed by atoms with Gasteiger partial charge in [-0.05, 0) is 70.4 Å². The Morgan fingerprint density at radius 1 is 1.09 bits per heavy atom. The lowest BCUT2D eigenvalue weighted by Gasteiger charge is -2.34. The zero-order valence-electron chi connectivity index (χ0n) is 19.2. The molecule has 3 aromatic rings. The van der Waals surface area contributed by atoms with E-state index in [9.17, 15) is 4.79 Å². The van der Waals surface area contributed by atoms with Crippen molar-refractivity contribution in [3.63, 3.8) is 0 Å². The van der Waals surface area contributed by atoms with Crippen LogP contribution in [0.1, 0.15) is 41.6 Å². The van der Waals surface area contributed by atoms with Gasteiger partial charge in [0, 0.05) is 17.0 Å². The van der Waals surface area contributed by atoms with Gasteiger partial charge in [0.15, 0.2) is 6.10 Å². The molecule has 0 radical (unpaired) electrons. The highest BCUT2D eigenvalue weighted by molar-refractivity contribution is 7.11. The van der Waals surface area contributed by atoms with Gasteiger partial charge in [-0.3, -0.25) is 4.79 Å². The Kier molecular flexibility index (Phi) is 6.80. The van der Waals surface area contributed by atoms with Gasteiger partial charge in [0.2, 0.25) is 0 Å². The number of unbranched alkanes of at least 4 members (excludes halogenated alkanes) is 1. The predicted octanol–water partition coefficient (Wildman–Crippen LogP) is 6.10. The third kappa shape index (κ3) is 4.80. The summed E-state index contributed by atoms with van der Waals surface area (Å²) in [7, 11) is 0. The first-order valence-electron chi connectivity index (χ1n) is 11.2. The minimum absolute atomic E-state index is 0.0304. The van der Waals surface area contributed by atoms with Crippen LogP contribution in [0.2, 0.25) is 0 Å². The summed E-state index contributed by atoms with van der Waals surface area (Å²) in [6.07, 6.45) is 1.94. The number of fused-ring (bicyclic) bond motifs is 1. The summed E-state index contributed by atoms with van der Waals surface area (Å²) in [6.45, 7) is 9.41. The normalized spacial score (nSPS) is 15.4. The molecule has 5 nitrogen and oxygen atoms in total. The SMILES string of the molecule is CCC1Oc2ccc(-c3nc(C)sc3C)cc2N(CCCCOc2ccc(C)cc2)C1=O. The zero-order valence-corrected chi connectivity index (χ0v) is 20.0. The molecule has 1 atom stereocenters. The van der Waals surface area contributed by atoms with E-state index in [4.69, 9.17) is 9.47 Å². The Balaban J connectivity index is 1.47. The number of carbonyl (C=O) groups excluding carboxylic acids is 1.